The van der Waals surface area contributed by atoms with E-state index in [0.717, 1.165) is 24.8 Å². The van der Waals surface area contributed by atoms with E-state index in [1.807, 2.05) is 6.07 Å². The number of rotatable bonds is 3. The lowest BCUT2D eigenvalue weighted by molar-refractivity contribution is -0.145. The molecule has 1 aromatic carbocycles. The smallest absolute Gasteiger partial charge is 0.309 e. The SMILES string of the molecule is CCOC(=O)C1CC12CCCc1ccc(OC)c(F)c12. The molecule has 0 saturated heterocycles. The molecular weight excluding hydrogens is 259 g/mol. The highest BCUT2D eigenvalue weighted by Gasteiger charge is 2.62. The zero-order chi connectivity index (χ0) is 14.3. The lowest BCUT2D eigenvalue weighted by Crippen LogP contribution is -2.24. The molecule has 3 nitrogen and oxygen atoms in total. The van der Waals surface area contributed by atoms with Gasteiger partial charge in [-0.2, -0.15) is 0 Å². The average Bonchev–Trinajstić information content (AvgIpc) is 3.14. The molecule has 0 aromatic heterocycles. The number of ether oxygens (including phenoxy) is 2. The van der Waals surface area contributed by atoms with Crippen LogP contribution in [0.15, 0.2) is 12.1 Å². The second kappa shape index (κ2) is 4.76. The maximum Gasteiger partial charge on any atom is 0.309 e. The summed E-state index contributed by atoms with van der Waals surface area (Å²) in [6, 6.07) is 3.60. The first-order valence-electron chi connectivity index (χ1n) is 7.16. The molecule has 108 valence electrons. The number of aryl methyl sites for hydroxylation is 1. The molecule has 0 heterocycles. The quantitative estimate of drug-likeness (QED) is 0.797. The Balaban J connectivity index is 2.01. The normalized spacial score (nSPS) is 27.1. The van der Waals surface area contributed by atoms with E-state index in [2.05, 4.69) is 0 Å². The van der Waals surface area contributed by atoms with Gasteiger partial charge in [-0.25, -0.2) is 4.39 Å². The minimum atomic E-state index is -0.349. The van der Waals surface area contributed by atoms with Crippen LogP contribution < -0.4 is 4.74 Å². The molecule has 4 heteroatoms. The molecule has 0 bridgehead atoms. The maximum atomic E-state index is 14.6. The molecule has 0 amide bonds. The van der Waals surface area contributed by atoms with Crippen LogP contribution in [0.2, 0.25) is 0 Å². The lowest BCUT2D eigenvalue weighted by Gasteiger charge is -2.27. The van der Waals surface area contributed by atoms with Gasteiger partial charge in [-0.3, -0.25) is 4.79 Å². The maximum absolute atomic E-state index is 14.6. The highest BCUT2D eigenvalue weighted by Crippen LogP contribution is 2.61. The van der Waals surface area contributed by atoms with Gasteiger partial charge in [0.1, 0.15) is 0 Å². The molecule has 1 aromatic rings. The van der Waals surface area contributed by atoms with Gasteiger partial charge in [0.05, 0.1) is 19.6 Å². The van der Waals surface area contributed by atoms with Crippen LogP contribution in [0.25, 0.3) is 0 Å². The monoisotopic (exact) mass is 278 g/mol. The molecule has 0 radical (unpaired) electrons. The molecule has 0 aliphatic heterocycles. The summed E-state index contributed by atoms with van der Waals surface area (Å²) in [4.78, 5) is 12.0. The fourth-order valence-corrected chi connectivity index (χ4v) is 3.63. The van der Waals surface area contributed by atoms with Crippen molar-refractivity contribution in [3.05, 3.63) is 29.1 Å². The first-order chi connectivity index (χ1) is 9.64. The van der Waals surface area contributed by atoms with Gasteiger partial charge in [-0.05, 0) is 44.2 Å². The van der Waals surface area contributed by atoms with Crippen LogP contribution in [-0.2, 0) is 21.4 Å². The molecule has 2 unspecified atom stereocenters. The molecular formula is C16H19FO3. The zero-order valence-corrected chi connectivity index (χ0v) is 11.9. The number of hydrogen-bond donors (Lipinski definition) is 0. The number of fused-ring (bicyclic) bond motifs is 2. The Kier molecular flexibility index (Phi) is 3.19. The van der Waals surface area contributed by atoms with Gasteiger partial charge in [0.2, 0.25) is 0 Å². The number of halogens is 1. The van der Waals surface area contributed by atoms with E-state index in [4.69, 9.17) is 9.47 Å². The summed E-state index contributed by atoms with van der Waals surface area (Å²) in [5, 5.41) is 0. The summed E-state index contributed by atoms with van der Waals surface area (Å²) < 4.78 is 24.8. The van der Waals surface area contributed by atoms with Gasteiger partial charge in [0.25, 0.3) is 0 Å². The van der Waals surface area contributed by atoms with Crippen LogP contribution in [-0.4, -0.2) is 19.7 Å². The van der Waals surface area contributed by atoms with Gasteiger partial charge < -0.3 is 9.47 Å². The largest absolute Gasteiger partial charge is 0.494 e. The number of benzene rings is 1. The van der Waals surface area contributed by atoms with Gasteiger partial charge in [0.15, 0.2) is 11.6 Å². The number of esters is 1. The van der Waals surface area contributed by atoms with Gasteiger partial charge in [-0.15, -0.1) is 0 Å². The average molecular weight is 278 g/mol. The molecule has 2 aliphatic rings. The van der Waals surface area contributed by atoms with Crippen LogP contribution in [0.1, 0.15) is 37.3 Å². The van der Waals surface area contributed by atoms with E-state index in [9.17, 15) is 9.18 Å². The number of methoxy groups -OCH3 is 1. The minimum absolute atomic E-state index is 0.192. The van der Waals surface area contributed by atoms with E-state index < -0.39 is 0 Å². The number of carbonyl (C=O) groups is 1. The fourth-order valence-electron chi connectivity index (χ4n) is 3.63. The number of hydrogen-bond acceptors (Lipinski definition) is 3. The van der Waals surface area contributed by atoms with Crippen molar-refractivity contribution in [2.45, 2.75) is 38.0 Å². The summed E-state index contributed by atoms with van der Waals surface area (Å²) >= 11 is 0. The molecule has 20 heavy (non-hydrogen) atoms. The predicted molar refractivity (Wildman–Crippen MR) is 72.3 cm³/mol. The van der Waals surface area contributed by atoms with E-state index in [1.165, 1.54) is 7.11 Å². The van der Waals surface area contributed by atoms with Crippen molar-refractivity contribution in [2.75, 3.05) is 13.7 Å². The van der Waals surface area contributed by atoms with Crippen LogP contribution in [0.3, 0.4) is 0 Å². The highest BCUT2D eigenvalue weighted by molar-refractivity contribution is 5.79. The molecule has 3 rings (SSSR count). The van der Waals surface area contributed by atoms with Crippen LogP contribution in [0.5, 0.6) is 5.75 Å². The van der Waals surface area contributed by atoms with Gasteiger partial charge in [-0.1, -0.05) is 6.07 Å². The third kappa shape index (κ3) is 1.81. The molecule has 2 aliphatic carbocycles. The van der Waals surface area contributed by atoms with E-state index in [1.54, 1.807) is 13.0 Å². The highest BCUT2D eigenvalue weighted by atomic mass is 19.1. The molecule has 1 spiro atoms. The summed E-state index contributed by atoms with van der Waals surface area (Å²) in [5.41, 5.74) is 1.36. The molecule has 2 atom stereocenters. The van der Waals surface area contributed by atoms with Gasteiger partial charge >= 0.3 is 5.97 Å². The zero-order valence-electron chi connectivity index (χ0n) is 11.9. The minimum Gasteiger partial charge on any atom is -0.494 e. The van der Waals surface area contributed by atoms with Crippen LogP contribution in [0, 0.1) is 11.7 Å². The first kappa shape index (κ1) is 13.4. The van der Waals surface area contributed by atoms with Crippen molar-refractivity contribution < 1.29 is 18.7 Å². The Morgan fingerprint density at radius 1 is 1.50 bits per heavy atom. The van der Waals surface area contributed by atoms with Crippen molar-refractivity contribution in [3.63, 3.8) is 0 Å². The van der Waals surface area contributed by atoms with Gasteiger partial charge in [0, 0.05) is 11.0 Å². The molecule has 0 N–H and O–H groups in total. The van der Waals surface area contributed by atoms with Crippen LogP contribution >= 0.6 is 0 Å². The summed E-state index contributed by atoms with van der Waals surface area (Å²) in [7, 11) is 1.47. The summed E-state index contributed by atoms with van der Waals surface area (Å²) in [6.45, 7) is 2.17. The Labute approximate surface area is 118 Å². The fraction of sp³-hybridized carbons (Fsp3) is 0.562. The van der Waals surface area contributed by atoms with Crippen LogP contribution in [0.4, 0.5) is 4.39 Å². The molecule has 1 saturated carbocycles. The Bertz CT molecular complexity index is 555. The summed E-state index contributed by atoms with van der Waals surface area (Å²) in [5.74, 6) is -0.415. The van der Waals surface area contributed by atoms with Crippen molar-refractivity contribution in [1.29, 1.82) is 0 Å². The predicted octanol–water partition coefficient (Wildman–Crippen LogP) is 2.99. The molecule has 1 fully saturated rings. The number of carbonyl (C=O) groups excluding carboxylic acids is 1. The van der Waals surface area contributed by atoms with Crippen molar-refractivity contribution in [2.24, 2.45) is 5.92 Å². The van der Waals surface area contributed by atoms with Crippen molar-refractivity contribution in [1.82, 2.24) is 0 Å². The van der Waals surface area contributed by atoms with Crippen molar-refractivity contribution >= 4 is 5.97 Å². The Morgan fingerprint density at radius 3 is 3.00 bits per heavy atom. The Hall–Kier alpha value is -1.58. The second-order valence-corrected chi connectivity index (χ2v) is 5.63. The third-order valence-corrected chi connectivity index (χ3v) is 4.63. The van der Waals surface area contributed by atoms with E-state index in [0.29, 0.717) is 18.6 Å². The summed E-state index contributed by atoms with van der Waals surface area (Å²) in [6.07, 6.45) is 3.42. The second-order valence-electron chi connectivity index (χ2n) is 5.63. The standard InChI is InChI=1S/C16H19FO3/c1-3-20-15(18)11-9-16(11)8-4-5-10-6-7-12(19-2)14(17)13(10)16/h6-7,11H,3-5,8-9H2,1-2H3. The van der Waals surface area contributed by atoms with E-state index >= 15 is 0 Å². The lowest BCUT2D eigenvalue weighted by atomic mass is 9.78. The van der Waals surface area contributed by atoms with E-state index in [-0.39, 0.29) is 28.9 Å². The first-order valence-corrected chi connectivity index (χ1v) is 7.16. The Morgan fingerprint density at radius 2 is 2.30 bits per heavy atom. The third-order valence-electron chi connectivity index (χ3n) is 4.63. The topological polar surface area (TPSA) is 35.5 Å². The van der Waals surface area contributed by atoms with Crippen molar-refractivity contribution in [3.8, 4) is 5.75 Å².